The first-order valence-electron chi connectivity index (χ1n) is 6.61. The molecular formula is C15H20N4O. The molecule has 0 atom stereocenters. The molecule has 0 bridgehead atoms. The van der Waals surface area contributed by atoms with Crippen LogP contribution in [-0.4, -0.2) is 15.7 Å². The summed E-state index contributed by atoms with van der Waals surface area (Å²) in [7, 11) is 1.93. The lowest BCUT2D eigenvalue weighted by Gasteiger charge is -2.06. The van der Waals surface area contributed by atoms with E-state index in [9.17, 15) is 4.79 Å². The maximum atomic E-state index is 10.9. The highest BCUT2D eigenvalue weighted by Crippen LogP contribution is 2.10. The molecule has 20 heavy (non-hydrogen) atoms. The standard InChI is InChI=1S/C15H20N4O/c1-11-14(10-19(3)18-11)9-16-8-13-4-6-15(7-5-13)17-12(2)20/h4-7,10,16H,8-9H2,1-3H3,(H,17,20). The molecule has 0 radical (unpaired) electrons. The van der Waals surface area contributed by atoms with Gasteiger partial charge >= 0.3 is 0 Å². The molecule has 1 amide bonds. The van der Waals surface area contributed by atoms with Gasteiger partial charge in [0.15, 0.2) is 0 Å². The summed E-state index contributed by atoms with van der Waals surface area (Å²) in [5.74, 6) is -0.0528. The van der Waals surface area contributed by atoms with Crippen molar-refractivity contribution in [3.8, 4) is 0 Å². The molecule has 0 unspecified atom stereocenters. The van der Waals surface area contributed by atoms with Crippen LogP contribution in [-0.2, 0) is 24.9 Å². The van der Waals surface area contributed by atoms with Gasteiger partial charge in [0.25, 0.3) is 0 Å². The van der Waals surface area contributed by atoms with E-state index in [0.29, 0.717) is 0 Å². The number of aromatic nitrogens is 2. The van der Waals surface area contributed by atoms with Gasteiger partial charge in [0.1, 0.15) is 0 Å². The van der Waals surface area contributed by atoms with Crippen molar-refractivity contribution < 1.29 is 4.79 Å². The van der Waals surface area contributed by atoms with E-state index in [1.54, 1.807) is 0 Å². The van der Waals surface area contributed by atoms with Crippen LogP contribution in [0.5, 0.6) is 0 Å². The Morgan fingerprint density at radius 3 is 2.50 bits per heavy atom. The van der Waals surface area contributed by atoms with Gasteiger partial charge < -0.3 is 10.6 Å². The second-order valence-electron chi connectivity index (χ2n) is 4.90. The van der Waals surface area contributed by atoms with Gasteiger partial charge in [-0.3, -0.25) is 9.48 Å². The summed E-state index contributed by atoms with van der Waals surface area (Å²) in [4.78, 5) is 10.9. The van der Waals surface area contributed by atoms with Crippen LogP contribution in [0.1, 0.15) is 23.7 Å². The highest BCUT2D eigenvalue weighted by atomic mass is 16.1. The van der Waals surface area contributed by atoms with Crippen LogP contribution in [0.2, 0.25) is 0 Å². The Bertz CT molecular complexity index is 586. The third-order valence-electron chi connectivity index (χ3n) is 3.03. The molecule has 2 aromatic rings. The Kier molecular flexibility index (Phi) is 4.53. The lowest BCUT2D eigenvalue weighted by molar-refractivity contribution is -0.114. The Morgan fingerprint density at radius 2 is 1.95 bits per heavy atom. The molecular weight excluding hydrogens is 252 g/mol. The number of aryl methyl sites for hydroxylation is 2. The molecule has 0 saturated heterocycles. The molecule has 0 aliphatic heterocycles. The van der Waals surface area contributed by atoms with Crippen LogP contribution in [0.4, 0.5) is 5.69 Å². The van der Waals surface area contributed by atoms with E-state index in [1.165, 1.54) is 18.1 Å². The molecule has 2 rings (SSSR count). The van der Waals surface area contributed by atoms with E-state index in [4.69, 9.17) is 0 Å². The molecule has 106 valence electrons. The minimum atomic E-state index is -0.0528. The van der Waals surface area contributed by atoms with Crippen molar-refractivity contribution >= 4 is 11.6 Å². The van der Waals surface area contributed by atoms with Crippen molar-refractivity contribution in [1.29, 1.82) is 0 Å². The molecule has 5 heteroatoms. The first kappa shape index (κ1) is 14.3. The van der Waals surface area contributed by atoms with E-state index in [0.717, 1.165) is 24.5 Å². The Hall–Kier alpha value is -2.14. The summed E-state index contributed by atoms with van der Waals surface area (Å²) in [6.07, 6.45) is 2.03. The van der Waals surface area contributed by atoms with Gasteiger partial charge in [0.05, 0.1) is 5.69 Å². The van der Waals surface area contributed by atoms with Gasteiger partial charge in [-0.2, -0.15) is 5.10 Å². The predicted molar refractivity (Wildman–Crippen MR) is 79.2 cm³/mol. The van der Waals surface area contributed by atoms with Crippen molar-refractivity contribution in [3.63, 3.8) is 0 Å². The normalized spacial score (nSPS) is 10.6. The summed E-state index contributed by atoms with van der Waals surface area (Å²) in [6, 6.07) is 7.84. The number of benzene rings is 1. The molecule has 0 saturated carbocycles. The van der Waals surface area contributed by atoms with Crippen molar-refractivity contribution in [2.75, 3.05) is 5.32 Å². The van der Waals surface area contributed by atoms with Crippen LogP contribution in [0.15, 0.2) is 30.5 Å². The number of nitrogens with zero attached hydrogens (tertiary/aromatic N) is 2. The first-order valence-corrected chi connectivity index (χ1v) is 6.61. The second-order valence-corrected chi connectivity index (χ2v) is 4.90. The zero-order chi connectivity index (χ0) is 14.5. The van der Waals surface area contributed by atoms with E-state index in [1.807, 2.05) is 49.1 Å². The molecule has 2 N–H and O–H groups in total. The average Bonchev–Trinajstić information content (AvgIpc) is 2.69. The number of carbonyl (C=O) groups excluding carboxylic acids is 1. The fourth-order valence-corrected chi connectivity index (χ4v) is 2.07. The van der Waals surface area contributed by atoms with Gasteiger partial charge in [-0.05, 0) is 24.6 Å². The summed E-state index contributed by atoms with van der Waals surface area (Å²) in [5.41, 5.74) is 4.27. The molecule has 0 aliphatic carbocycles. The van der Waals surface area contributed by atoms with Crippen LogP contribution in [0.25, 0.3) is 0 Å². The SMILES string of the molecule is CC(=O)Nc1ccc(CNCc2cn(C)nc2C)cc1. The van der Waals surface area contributed by atoms with Crippen molar-refractivity contribution in [1.82, 2.24) is 15.1 Å². The Labute approximate surface area is 119 Å². The zero-order valence-electron chi connectivity index (χ0n) is 12.1. The first-order chi connectivity index (χ1) is 9.54. The second kappa shape index (κ2) is 6.34. The summed E-state index contributed by atoms with van der Waals surface area (Å²) >= 11 is 0. The topological polar surface area (TPSA) is 59.0 Å². The number of hydrogen-bond acceptors (Lipinski definition) is 3. The minimum absolute atomic E-state index is 0.0528. The summed E-state index contributed by atoms with van der Waals surface area (Å²) in [6.45, 7) is 5.10. The minimum Gasteiger partial charge on any atom is -0.326 e. The fourth-order valence-electron chi connectivity index (χ4n) is 2.07. The summed E-state index contributed by atoms with van der Waals surface area (Å²) < 4.78 is 1.83. The Morgan fingerprint density at radius 1 is 1.25 bits per heavy atom. The fraction of sp³-hybridized carbons (Fsp3) is 0.333. The molecule has 1 aromatic heterocycles. The molecule has 0 spiro atoms. The third-order valence-corrected chi connectivity index (χ3v) is 3.03. The maximum Gasteiger partial charge on any atom is 0.221 e. The zero-order valence-corrected chi connectivity index (χ0v) is 12.1. The number of anilines is 1. The molecule has 0 fully saturated rings. The van der Waals surface area contributed by atoms with Crippen molar-refractivity contribution in [2.45, 2.75) is 26.9 Å². The van der Waals surface area contributed by atoms with Crippen molar-refractivity contribution in [2.24, 2.45) is 7.05 Å². The van der Waals surface area contributed by atoms with Crippen LogP contribution >= 0.6 is 0 Å². The highest BCUT2D eigenvalue weighted by Gasteiger charge is 2.02. The van der Waals surface area contributed by atoms with Crippen LogP contribution < -0.4 is 10.6 Å². The lowest BCUT2D eigenvalue weighted by atomic mass is 10.2. The van der Waals surface area contributed by atoms with Gasteiger partial charge in [0, 0.05) is 44.5 Å². The molecule has 1 heterocycles. The van der Waals surface area contributed by atoms with Gasteiger partial charge in [-0.25, -0.2) is 0 Å². The largest absolute Gasteiger partial charge is 0.326 e. The highest BCUT2D eigenvalue weighted by molar-refractivity contribution is 5.88. The molecule has 1 aromatic carbocycles. The summed E-state index contributed by atoms with van der Waals surface area (Å²) in [5, 5.41) is 10.5. The molecule has 0 aliphatic rings. The van der Waals surface area contributed by atoms with E-state index < -0.39 is 0 Å². The van der Waals surface area contributed by atoms with Crippen LogP contribution in [0.3, 0.4) is 0 Å². The van der Waals surface area contributed by atoms with E-state index in [-0.39, 0.29) is 5.91 Å². The Balaban J connectivity index is 1.85. The van der Waals surface area contributed by atoms with Gasteiger partial charge in [-0.15, -0.1) is 0 Å². The maximum absolute atomic E-state index is 10.9. The number of nitrogens with one attached hydrogen (secondary N) is 2. The van der Waals surface area contributed by atoms with Gasteiger partial charge in [0.2, 0.25) is 5.91 Å². The van der Waals surface area contributed by atoms with Crippen molar-refractivity contribution in [3.05, 3.63) is 47.3 Å². The van der Waals surface area contributed by atoms with E-state index in [2.05, 4.69) is 15.7 Å². The predicted octanol–water partition coefficient (Wildman–Crippen LogP) is 1.98. The lowest BCUT2D eigenvalue weighted by Crippen LogP contribution is -2.13. The third kappa shape index (κ3) is 3.93. The van der Waals surface area contributed by atoms with Gasteiger partial charge in [-0.1, -0.05) is 12.1 Å². The number of hydrogen-bond donors (Lipinski definition) is 2. The van der Waals surface area contributed by atoms with Crippen LogP contribution in [0, 0.1) is 6.92 Å². The average molecular weight is 272 g/mol. The smallest absolute Gasteiger partial charge is 0.221 e. The van der Waals surface area contributed by atoms with E-state index >= 15 is 0 Å². The number of rotatable bonds is 5. The number of carbonyl (C=O) groups is 1. The quantitative estimate of drug-likeness (QED) is 0.875. The molecule has 5 nitrogen and oxygen atoms in total. The monoisotopic (exact) mass is 272 g/mol. The number of amides is 1.